The fraction of sp³-hybridized carbons (Fsp3) is 0.0476. The third-order valence-corrected chi connectivity index (χ3v) is 3.81. The van der Waals surface area contributed by atoms with Crippen LogP contribution < -0.4 is 5.32 Å². The molecule has 0 fully saturated rings. The largest absolute Gasteiger partial charge is 0.380 e. The van der Waals surface area contributed by atoms with Crippen LogP contribution in [0.1, 0.15) is 16.8 Å². The van der Waals surface area contributed by atoms with Crippen molar-refractivity contribution in [1.29, 1.82) is 5.41 Å². The molecule has 0 aliphatic carbocycles. The van der Waals surface area contributed by atoms with Gasteiger partial charge in [-0.15, -0.1) is 0 Å². The smallest absolute Gasteiger partial charge is 0.128 e. The van der Waals surface area contributed by atoms with Crippen molar-refractivity contribution in [1.82, 2.24) is 10.3 Å². The van der Waals surface area contributed by atoms with E-state index in [0.717, 1.165) is 0 Å². The molecule has 0 unspecified atom stereocenters. The molecule has 1 aromatic heterocycles. The quantitative estimate of drug-likeness (QED) is 0.641. The highest BCUT2D eigenvalue weighted by molar-refractivity contribution is 6.08. The van der Waals surface area contributed by atoms with Gasteiger partial charge in [0, 0.05) is 24.0 Å². The van der Waals surface area contributed by atoms with Gasteiger partial charge < -0.3 is 5.32 Å². The predicted molar refractivity (Wildman–Crippen MR) is 98.7 cm³/mol. The Hall–Kier alpha value is -3.34. The van der Waals surface area contributed by atoms with Crippen molar-refractivity contribution < 1.29 is 8.78 Å². The summed E-state index contributed by atoms with van der Waals surface area (Å²) in [4.78, 5) is 4.16. The van der Waals surface area contributed by atoms with Gasteiger partial charge in [-0.25, -0.2) is 8.78 Å². The molecule has 0 aliphatic rings. The minimum Gasteiger partial charge on any atom is -0.380 e. The third kappa shape index (κ3) is 4.39. The molecular formula is C21H17F2N3. The molecule has 0 saturated carbocycles. The summed E-state index contributed by atoms with van der Waals surface area (Å²) in [7, 11) is 0. The van der Waals surface area contributed by atoms with Gasteiger partial charge in [-0.1, -0.05) is 36.4 Å². The second kappa shape index (κ2) is 8.16. The van der Waals surface area contributed by atoms with E-state index in [0.29, 0.717) is 22.5 Å². The summed E-state index contributed by atoms with van der Waals surface area (Å²) in [6.45, 7) is 0.241. The molecule has 0 radical (unpaired) electrons. The van der Waals surface area contributed by atoms with Gasteiger partial charge in [0.25, 0.3) is 0 Å². The number of pyridine rings is 1. The first kappa shape index (κ1) is 17.5. The Morgan fingerprint density at radius 3 is 2.38 bits per heavy atom. The van der Waals surface area contributed by atoms with Gasteiger partial charge >= 0.3 is 0 Å². The number of hydrogen-bond donors (Lipinski definition) is 2. The van der Waals surface area contributed by atoms with Gasteiger partial charge in [-0.05, 0) is 42.0 Å². The van der Waals surface area contributed by atoms with Crippen molar-refractivity contribution in [2.45, 2.75) is 6.54 Å². The summed E-state index contributed by atoms with van der Waals surface area (Å²) in [5, 5.41) is 11.4. The number of nitrogens with zero attached hydrogens (tertiary/aromatic N) is 1. The first-order chi connectivity index (χ1) is 12.6. The molecule has 2 N–H and O–H groups in total. The molecule has 3 nitrogen and oxygen atoms in total. The van der Waals surface area contributed by atoms with E-state index in [9.17, 15) is 8.78 Å². The summed E-state index contributed by atoms with van der Waals surface area (Å²) in [5.41, 5.74) is 2.50. The minimum atomic E-state index is -0.345. The van der Waals surface area contributed by atoms with Crippen molar-refractivity contribution in [3.05, 3.63) is 107 Å². The number of aromatic nitrogens is 1. The van der Waals surface area contributed by atoms with Gasteiger partial charge in [-0.2, -0.15) is 0 Å². The zero-order chi connectivity index (χ0) is 18.4. The molecule has 130 valence electrons. The van der Waals surface area contributed by atoms with E-state index >= 15 is 0 Å². The summed E-state index contributed by atoms with van der Waals surface area (Å²) in [6, 6.07) is 17.7. The molecule has 1 heterocycles. The van der Waals surface area contributed by atoms with Gasteiger partial charge in [0.2, 0.25) is 0 Å². The van der Waals surface area contributed by atoms with E-state index < -0.39 is 0 Å². The Bertz CT molecular complexity index is 920. The van der Waals surface area contributed by atoms with Crippen LogP contribution in [0.4, 0.5) is 8.78 Å². The maximum atomic E-state index is 13.9. The molecule has 26 heavy (non-hydrogen) atoms. The highest BCUT2D eigenvalue weighted by Crippen LogP contribution is 2.16. The van der Waals surface area contributed by atoms with Crippen molar-refractivity contribution in [2.24, 2.45) is 0 Å². The normalized spacial score (nSPS) is 11.2. The Morgan fingerprint density at radius 1 is 0.962 bits per heavy atom. The molecule has 0 saturated heterocycles. The van der Waals surface area contributed by atoms with E-state index in [1.54, 1.807) is 60.8 Å². The van der Waals surface area contributed by atoms with Gasteiger partial charge in [0.1, 0.15) is 11.6 Å². The predicted octanol–water partition coefficient (Wildman–Crippen LogP) is 4.56. The number of allylic oxidation sites excluding steroid dienone is 1. The van der Waals surface area contributed by atoms with Crippen LogP contribution in [0.5, 0.6) is 0 Å². The van der Waals surface area contributed by atoms with Crippen LogP contribution >= 0.6 is 0 Å². The fourth-order valence-electron chi connectivity index (χ4n) is 2.44. The zero-order valence-corrected chi connectivity index (χ0v) is 13.9. The summed E-state index contributed by atoms with van der Waals surface area (Å²) < 4.78 is 27.1. The highest BCUT2D eigenvalue weighted by Gasteiger charge is 2.08. The molecular weight excluding hydrogens is 332 g/mol. The zero-order valence-electron chi connectivity index (χ0n) is 13.9. The lowest BCUT2D eigenvalue weighted by atomic mass is 10.1. The van der Waals surface area contributed by atoms with E-state index in [1.165, 1.54) is 18.2 Å². The average molecular weight is 349 g/mol. The maximum absolute atomic E-state index is 13.9. The fourth-order valence-corrected chi connectivity index (χ4v) is 2.44. The SMILES string of the molecule is N=C(/C=C(\NCc1ccccc1F)c1ccc(F)cc1)c1ccccn1. The van der Waals surface area contributed by atoms with Gasteiger partial charge in [0.15, 0.2) is 0 Å². The molecule has 0 aliphatic heterocycles. The number of nitrogens with one attached hydrogen (secondary N) is 2. The third-order valence-electron chi connectivity index (χ3n) is 3.81. The number of halogens is 2. The van der Waals surface area contributed by atoms with Crippen LogP contribution in [0, 0.1) is 17.0 Å². The van der Waals surface area contributed by atoms with Crippen molar-refractivity contribution >= 4 is 11.4 Å². The highest BCUT2D eigenvalue weighted by atomic mass is 19.1. The standard InChI is InChI=1S/C21H17F2N3/c22-17-10-8-15(9-11-17)21(13-19(24)20-7-3-4-12-25-20)26-14-16-5-1-2-6-18(16)23/h1-13,24,26H,14H2/b21-13-,24-19?. The maximum Gasteiger partial charge on any atom is 0.128 e. The molecule has 0 atom stereocenters. The Balaban J connectivity index is 1.89. The Labute approximate surface area is 150 Å². The van der Waals surface area contributed by atoms with Crippen LogP contribution in [-0.4, -0.2) is 10.7 Å². The molecule has 2 aromatic carbocycles. The van der Waals surface area contributed by atoms with Crippen molar-refractivity contribution in [2.75, 3.05) is 0 Å². The van der Waals surface area contributed by atoms with Crippen molar-refractivity contribution in [3.63, 3.8) is 0 Å². The first-order valence-corrected chi connectivity index (χ1v) is 8.08. The van der Waals surface area contributed by atoms with E-state index in [1.807, 2.05) is 0 Å². The lowest BCUT2D eigenvalue weighted by molar-refractivity contribution is 0.605. The molecule has 0 bridgehead atoms. The summed E-state index contributed by atoms with van der Waals surface area (Å²) in [6.07, 6.45) is 3.22. The molecule has 5 heteroatoms. The molecule has 0 spiro atoms. The number of benzene rings is 2. The first-order valence-electron chi connectivity index (χ1n) is 8.08. The van der Waals surface area contributed by atoms with E-state index in [-0.39, 0.29) is 23.9 Å². The average Bonchev–Trinajstić information content (AvgIpc) is 2.67. The minimum absolute atomic E-state index is 0.200. The number of rotatable bonds is 6. The van der Waals surface area contributed by atoms with Crippen LogP contribution in [0.3, 0.4) is 0 Å². The second-order valence-electron chi connectivity index (χ2n) is 5.64. The van der Waals surface area contributed by atoms with E-state index in [2.05, 4.69) is 10.3 Å². The van der Waals surface area contributed by atoms with Crippen LogP contribution in [0.15, 0.2) is 79.0 Å². The summed E-state index contributed by atoms with van der Waals surface area (Å²) in [5.74, 6) is -0.653. The Kier molecular flexibility index (Phi) is 5.49. The monoisotopic (exact) mass is 349 g/mol. The van der Waals surface area contributed by atoms with E-state index in [4.69, 9.17) is 5.41 Å². The molecule has 0 amide bonds. The van der Waals surface area contributed by atoms with Gasteiger partial charge in [-0.3, -0.25) is 10.4 Å². The van der Waals surface area contributed by atoms with Gasteiger partial charge in [0.05, 0.1) is 11.4 Å². The van der Waals surface area contributed by atoms with Crippen LogP contribution in [0.2, 0.25) is 0 Å². The lowest BCUT2D eigenvalue weighted by Crippen LogP contribution is -2.15. The van der Waals surface area contributed by atoms with Crippen LogP contribution in [-0.2, 0) is 6.54 Å². The summed E-state index contributed by atoms with van der Waals surface area (Å²) >= 11 is 0. The Morgan fingerprint density at radius 2 is 1.69 bits per heavy atom. The van der Waals surface area contributed by atoms with Crippen LogP contribution in [0.25, 0.3) is 5.70 Å². The lowest BCUT2D eigenvalue weighted by Gasteiger charge is -2.13. The van der Waals surface area contributed by atoms with Crippen molar-refractivity contribution in [3.8, 4) is 0 Å². The second-order valence-corrected chi connectivity index (χ2v) is 5.64. The number of hydrogen-bond acceptors (Lipinski definition) is 3. The topological polar surface area (TPSA) is 48.8 Å². The molecule has 3 aromatic rings. The molecule has 3 rings (SSSR count).